The fraction of sp³-hybridized carbons (Fsp3) is 0.500. The SMILES string of the molecule is CCCC1=CC(CC)(NCC)N=C(Nc2cccc(OC)c2)N1. The number of hydrogen-bond acceptors (Lipinski definition) is 5. The average Bonchev–Trinajstić information content (AvgIpc) is 2.55. The third kappa shape index (κ3) is 4.48. The van der Waals surface area contributed by atoms with E-state index in [1.54, 1.807) is 7.11 Å². The quantitative estimate of drug-likeness (QED) is 0.721. The van der Waals surface area contributed by atoms with Gasteiger partial charge in [0.25, 0.3) is 0 Å². The topological polar surface area (TPSA) is 57.7 Å². The summed E-state index contributed by atoms with van der Waals surface area (Å²) in [5.74, 6) is 1.59. The lowest BCUT2D eigenvalue weighted by atomic mass is 10.0. The molecule has 3 N–H and O–H groups in total. The largest absolute Gasteiger partial charge is 0.497 e. The Labute approximate surface area is 139 Å². The van der Waals surface area contributed by atoms with Gasteiger partial charge in [-0.1, -0.05) is 33.3 Å². The highest BCUT2D eigenvalue weighted by atomic mass is 16.5. The smallest absolute Gasteiger partial charge is 0.202 e. The highest BCUT2D eigenvalue weighted by Crippen LogP contribution is 2.23. The van der Waals surface area contributed by atoms with Crippen LogP contribution < -0.4 is 20.7 Å². The fourth-order valence-electron chi connectivity index (χ4n) is 2.74. The molecule has 1 aromatic carbocycles. The Morgan fingerprint density at radius 2 is 2.09 bits per heavy atom. The molecule has 1 aliphatic rings. The standard InChI is InChI=1S/C18H28N4O/c1-5-9-15-13-18(6-2,19-7-3)22-17(21-15)20-14-10-8-11-16(12-14)23-4/h8,10-13,19H,5-7,9H2,1-4H3,(H2,20,21,22). The maximum Gasteiger partial charge on any atom is 0.202 e. The minimum absolute atomic E-state index is 0.342. The van der Waals surface area contributed by atoms with Crippen molar-refractivity contribution >= 4 is 11.6 Å². The summed E-state index contributed by atoms with van der Waals surface area (Å²) in [5.41, 5.74) is 1.82. The highest BCUT2D eigenvalue weighted by molar-refractivity contribution is 5.96. The summed E-state index contributed by atoms with van der Waals surface area (Å²) in [6.45, 7) is 7.32. The van der Waals surface area contributed by atoms with Crippen LogP contribution in [-0.4, -0.2) is 25.3 Å². The number of ether oxygens (including phenoxy) is 1. The number of allylic oxidation sites excluding steroid dienone is 1. The zero-order valence-corrected chi connectivity index (χ0v) is 14.6. The highest BCUT2D eigenvalue weighted by Gasteiger charge is 2.28. The van der Waals surface area contributed by atoms with Gasteiger partial charge in [-0.05, 0) is 37.6 Å². The number of nitrogens with zero attached hydrogens (tertiary/aromatic N) is 1. The molecule has 23 heavy (non-hydrogen) atoms. The molecule has 1 unspecified atom stereocenters. The molecule has 0 aromatic heterocycles. The van der Waals surface area contributed by atoms with E-state index in [0.29, 0.717) is 0 Å². The molecular formula is C18H28N4O. The number of rotatable bonds is 7. The van der Waals surface area contributed by atoms with Crippen LogP contribution in [0.4, 0.5) is 5.69 Å². The minimum Gasteiger partial charge on any atom is -0.497 e. The van der Waals surface area contributed by atoms with E-state index >= 15 is 0 Å². The van der Waals surface area contributed by atoms with Crippen LogP contribution in [0.25, 0.3) is 0 Å². The number of methoxy groups -OCH3 is 1. The van der Waals surface area contributed by atoms with E-state index in [4.69, 9.17) is 9.73 Å². The molecule has 0 amide bonds. The van der Waals surface area contributed by atoms with E-state index in [1.807, 2.05) is 24.3 Å². The van der Waals surface area contributed by atoms with Gasteiger partial charge in [-0.2, -0.15) is 0 Å². The lowest BCUT2D eigenvalue weighted by molar-refractivity contribution is 0.405. The molecule has 5 heteroatoms. The predicted octanol–water partition coefficient (Wildman–Crippen LogP) is 3.47. The van der Waals surface area contributed by atoms with Gasteiger partial charge in [-0.15, -0.1) is 0 Å². The summed E-state index contributed by atoms with van der Waals surface area (Å²) in [4.78, 5) is 4.87. The minimum atomic E-state index is -0.342. The Balaban J connectivity index is 2.25. The molecule has 1 atom stereocenters. The Hall–Kier alpha value is -2.01. The lowest BCUT2D eigenvalue weighted by Crippen LogP contribution is -2.48. The first-order valence-electron chi connectivity index (χ1n) is 8.39. The van der Waals surface area contributed by atoms with Crippen LogP contribution in [-0.2, 0) is 0 Å². The van der Waals surface area contributed by atoms with Crippen LogP contribution in [0, 0.1) is 0 Å². The predicted molar refractivity (Wildman–Crippen MR) is 96.9 cm³/mol. The molecular weight excluding hydrogens is 288 g/mol. The van der Waals surface area contributed by atoms with E-state index < -0.39 is 0 Å². The Morgan fingerprint density at radius 1 is 1.26 bits per heavy atom. The lowest BCUT2D eigenvalue weighted by Gasteiger charge is -2.33. The van der Waals surface area contributed by atoms with Crippen LogP contribution in [0.1, 0.15) is 40.0 Å². The van der Waals surface area contributed by atoms with Gasteiger partial charge in [0.15, 0.2) is 0 Å². The van der Waals surface area contributed by atoms with Gasteiger partial charge in [0.1, 0.15) is 11.4 Å². The molecule has 0 radical (unpaired) electrons. The second-order valence-electron chi connectivity index (χ2n) is 5.67. The van der Waals surface area contributed by atoms with Gasteiger partial charge in [-0.25, -0.2) is 4.99 Å². The molecule has 0 saturated heterocycles. The zero-order valence-electron chi connectivity index (χ0n) is 14.6. The van der Waals surface area contributed by atoms with Crippen LogP contribution >= 0.6 is 0 Å². The average molecular weight is 316 g/mol. The molecule has 1 heterocycles. The van der Waals surface area contributed by atoms with Gasteiger partial charge in [0.05, 0.1) is 7.11 Å². The van der Waals surface area contributed by atoms with Crippen molar-refractivity contribution in [3.05, 3.63) is 36.0 Å². The summed E-state index contributed by atoms with van der Waals surface area (Å²) in [6, 6.07) is 7.86. The van der Waals surface area contributed by atoms with Crippen LogP contribution in [0.3, 0.4) is 0 Å². The molecule has 0 saturated carbocycles. The number of anilines is 1. The summed E-state index contributed by atoms with van der Waals surface area (Å²) >= 11 is 0. The van der Waals surface area contributed by atoms with Gasteiger partial charge in [0, 0.05) is 17.5 Å². The monoisotopic (exact) mass is 316 g/mol. The van der Waals surface area contributed by atoms with Gasteiger partial charge < -0.3 is 15.4 Å². The number of likely N-dealkylation sites (N-methyl/N-ethyl adjacent to an activating group) is 1. The molecule has 126 valence electrons. The molecule has 5 nitrogen and oxygen atoms in total. The Kier molecular flexibility index (Phi) is 6.04. The number of nitrogens with one attached hydrogen (secondary N) is 3. The van der Waals surface area contributed by atoms with Gasteiger partial charge >= 0.3 is 0 Å². The normalized spacial score (nSPS) is 20.3. The van der Waals surface area contributed by atoms with Crippen molar-refractivity contribution in [1.82, 2.24) is 10.6 Å². The molecule has 0 aliphatic carbocycles. The third-order valence-electron chi connectivity index (χ3n) is 3.88. The van der Waals surface area contributed by atoms with Gasteiger partial charge in [-0.3, -0.25) is 5.32 Å². The first-order valence-corrected chi connectivity index (χ1v) is 8.39. The summed E-state index contributed by atoms with van der Waals surface area (Å²) in [7, 11) is 1.67. The maximum atomic E-state index is 5.28. The van der Waals surface area contributed by atoms with Crippen LogP contribution in [0.5, 0.6) is 5.75 Å². The maximum absolute atomic E-state index is 5.28. The summed E-state index contributed by atoms with van der Waals surface area (Å²) in [5, 5.41) is 10.3. The van der Waals surface area contributed by atoms with E-state index in [2.05, 4.69) is 42.8 Å². The Bertz CT molecular complexity index is 582. The molecule has 0 spiro atoms. The molecule has 1 aromatic rings. The molecule has 0 bridgehead atoms. The van der Waals surface area contributed by atoms with Gasteiger partial charge in [0.2, 0.25) is 5.96 Å². The van der Waals surface area contributed by atoms with E-state index in [9.17, 15) is 0 Å². The van der Waals surface area contributed by atoms with E-state index in [1.165, 1.54) is 5.70 Å². The first kappa shape index (κ1) is 17.3. The van der Waals surface area contributed by atoms with Crippen LogP contribution in [0.15, 0.2) is 41.0 Å². The first-order chi connectivity index (χ1) is 11.1. The molecule has 1 aliphatic heterocycles. The fourth-order valence-corrected chi connectivity index (χ4v) is 2.74. The molecule has 0 fully saturated rings. The van der Waals surface area contributed by atoms with E-state index in [-0.39, 0.29) is 5.66 Å². The van der Waals surface area contributed by atoms with E-state index in [0.717, 1.165) is 43.2 Å². The van der Waals surface area contributed by atoms with Crippen molar-refractivity contribution in [3.8, 4) is 5.75 Å². The van der Waals surface area contributed by atoms with Crippen molar-refractivity contribution in [1.29, 1.82) is 0 Å². The number of hydrogen-bond donors (Lipinski definition) is 3. The summed E-state index contributed by atoms with van der Waals surface area (Å²) < 4.78 is 5.28. The van der Waals surface area contributed by atoms with Crippen molar-refractivity contribution in [2.45, 2.75) is 45.7 Å². The Morgan fingerprint density at radius 3 is 2.74 bits per heavy atom. The van der Waals surface area contributed by atoms with Crippen molar-refractivity contribution in [2.24, 2.45) is 4.99 Å². The summed E-state index contributed by atoms with van der Waals surface area (Å²) in [6.07, 6.45) is 5.22. The second kappa shape index (κ2) is 8.02. The zero-order chi connectivity index (χ0) is 16.7. The number of aliphatic imine (C=N–C) groups is 1. The van der Waals surface area contributed by atoms with Crippen molar-refractivity contribution < 1.29 is 4.74 Å². The van der Waals surface area contributed by atoms with Crippen molar-refractivity contribution in [2.75, 3.05) is 19.0 Å². The number of benzene rings is 1. The third-order valence-corrected chi connectivity index (χ3v) is 3.88. The van der Waals surface area contributed by atoms with Crippen molar-refractivity contribution in [3.63, 3.8) is 0 Å². The number of guanidine groups is 1. The molecule has 2 rings (SSSR count). The van der Waals surface area contributed by atoms with Crippen LogP contribution in [0.2, 0.25) is 0 Å². The second-order valence-corrected chi connectivity index (χ2v) is 5.67.